The second-order valence-electron chi connectivity index (χ2n) is 4.60. The van der Waals surface area contributed by atoms with Crippen LogP contribution in [0.3, 0.4) is 0 Å². The smallest absolute Gasteiger partial charge is 0.276 e. The predicted octanol–water partition coefficient (Wildman–Crippen LogP) is 2.19. The van der Waals surface area contributed by atoms with E-state index in [4.69, 9.17) is 9.47 Å². The van der Waals surface area contributed by atoms with Gasteiger partial charge in [-0.15, -0.1) is 0 Å². The Balaban J connectivity index is 1.60. The number of carbonyl (C=O) groups excluding carboxylic acids is 1. The quantitative estimate of drug-likeness (QED) is 0.784. The molecule has 0 atom stereocenters. The van der Waals surface area contributed by atoms with E-state index in [2.05, 4.69) is 10.4 Å². The van der Waals surface area contributed by atoms with Crippen LogP contribution in [0, 0.1) is 0 Å². The molecule has 1 amide bonds. The first kappa shape index (κ1) is 13.9. The average Bonchev–Trinajstić information content (AvgIpc) is 2.97. The van der Waals surface area contributed by atoms with Crippen LogP contribution in [0.2, 0.25) is 0 Å². The largest absolute Gasteiger partial charge is 0.497 e. The summed E-state index contributed by atoms with van der Waals surface area (Å²) in [5.41, 5.74) is 4.38. The number of aromatic nitrogens is 2. The number of ether oxygens (including phenoxy) is 2. The molecule has 0 unspecified atom stereocenters. The van der Waals surface area contributed by atoms with Crippen molar-refractivity contribution >= 4 is 16.9 Å². The normalized spacial score (nSPS) is 10.4. The fraction of sp³-hybridized carbons (Fsp3) is 0.125. The number of rotatable bonds is 5. The monoisotopic (exact) mass is 297 g/mol. The highest BCUT2D eigenvalue weighted by Gasteiger charge is 2.06. The number of hydrogen-bond donors (Lipinski definition) is 1. The minimum Gasteiger partial charge on any atom is -0.497 e. The van der Waals surface area contributed by atoms with Gasteiger partial charge in [-0.1, -0.05) is 12.1 Å². The molecule has 1 N–H and O–H groups in total. The molecule has 0 radical (unpaired) electrons. The average molecular weight is 297 g/mol. The number of benzene rings is 2. The fourth-order valence-corrected chi connectivity index (χ4v) is 2.04. The van der Waals surface area contributed by atoms with Crippen molar-refractivity contribution in [2.75, 3.05) is 19.1 Å². The summed E-state index contributed by atoms with van der Waals surface area (Å²) in [4.78, 5) is 16.1. The third kappa shape index (κ3) is 3.01. The first-order chi connectivity index (χ1) is 10.8. The fourth-order valence-electron chi connectivity index (χ4n) is 2.04. The molecule has 0 aliphatic carbocycles. The van der Waals surface area contributed by atoms with E-state index in [0.717, 1.165) is 16.8 Å². The molecule has 3 aromatic rings. The number of fused-ring (bicyclic) bond motifs is 1. The summed E-state index contributed by atoms with van der Waals surface area (Å²) in [6, 6.07) is 14.6. The molecule has 0 spiro atoms. The molecule has 1 heterocycles. The van der Waals surface area contributed by atoms with Crippen LogP contribution in [-0.2, 0) is 4.79 Å². The number of nitrogens with one attached hydrogen (secondary N) is 1. The number of methoxy groups -OCH3 is 1. The van der Waals surface area contributed by atoms with E-state index in [1.807, 2.05) is 24.3 Å². The van der Waals surface area contributed by atoms with Crippen molar-refractivity contribution in [2.24, 2.45) is 0 Å². The lowest BCUT2D eigenvalue weighted by molar-refractivity contribution is -0.119. The van der Waals surface area contributed by atoms with Gasteiger partial charge in [0.25, 0.3) is 5.91 Å². The molecule has 6 nitrogen and oxygen atoms in total. The molecule has 0 saturated carbocycles. The molecular weight excluding hydrogens is 282 g/mol. The molecule has 0 aliphatic rings. The van der Waals surface area contributed by atoms with Crippen LogP contribution in [0.15, 0.2) is 54.9 Å². The third-order valence-corrected chi connectivity index (χ3v) is 3.13. The second kappa shape index (κ2) is 6.17. The Kier molecular flexibility index (Phi) is 3.91. The van der Waals surface area contributed by atoms with Gasteiger partial charge in [-0.25, -0.2) is 9.66 Å². The molecule has 0 aliphatic heterocycles. The van der Waals surface area contributed by atoms with Crippen molar-refractivity contribution in [3.8, 4) is 11.5 Å². The van der Waals surface area contributed by atoms with E-state index < -0.39 is 0 Å². The Morgan fingerprint density at radius 2 is 1.86 bits per heavy atom. The molecule has 2 aromatic carbocycles. The number of carbonyl (C=O) groups is 1. The summed E-state index contributed by atoms with van der Waals surface area (Å²) in [6.07, 6.45) is 1.57. The van der Waals surface area contributed by atoms with Gasteiger partial charge in [0.05, 0.1) is 18.1 Å². The van der Waals surface area contributed by atoms with Gasteiger partial charge in [0.15, 0.2) is 6.61 Å². The zero-order valence-electron chi connectivity index (χ0n) is 12.0. The predicted molar refractivity (Wildman–Crippen MR) is 82.6 cm³/mol. The van der Waals surface area contributed by atoms with Gasteiger partial charge in [-0.05, 0) is 36.4 Å². The Bertz CT molecular complexity index is 781. The summed E-state index contributed by atoms with van der Waals surface area (Å²) in [5.74, 6) is 1.08. The summed E-state index contributed by atoms with van der Waals surface area (Å²) in [5, 5.41) is 0. The topological polar surface area (TPSA) is 65.4 Å². The lowest BCUT2D eigenvalue weighted by Gasteiger charge is -2.09. The maximum absolute atomic E-state index is 11.9. The Labute approximate surface area is 127 Å². The van der Waals surface area contributed by atoms with Crippen LogP contribution in [0.25, 0.3) is 11.0 Å². The van der Waals surface area contributed by atoms with Crippen LogP contribution in [0.5, 0.6) is 11.5 Å². The van der Waals surface area contributed by atoms with Crippen molar-refractivity contribution in [3.63, 3.8) is 0 Å². The molecule has 22 heavy (non-hydrogen) atoms. The Morgan fingerprint density at radius 3 is 2.64 bits per heavy atom. The minimum atomic E-state index is -0.265. The van der Waals surface area contributed by atoms with E-state index in [0.29, 0.717) is 5.75 Å². The number of nitrogens with zero attached hydrogens (tertiary/aromatic N) is 2. The van der Waals surface area contributed by atoms with Crippen LogP contribution < -0.4 is 14.9 Å². The molecular formula is C16H15N3O3. The van der Waals surface area contributed by atoms with E-state index in [1.54, 1.807) is 42.4 Å². The highest BCUT2D eigenvalue weighted by atomic mass is 16.5. The summed E-state index contributed by atoms with van der Waals surface area (Å²) in [7, 11) is 1.60. The highest BCUT2D eigenvalue weighted by molar-refractivity contribution is 5.87. The van der Waals surface area contributed by atoms with Crippen LogP contribution in [-0.4, -0.2) is 29.3 Å². The SMILES string of the molecule is COc1ccc(OCC(=O)Nn2cnc3ccccc32)cc1. The van der Waals surface area contributed by atoms with Gasteiger partial charge < -0.3 is 9.47 Å². The zero-order valence-corrected chi connectivity index (χ0v) is 12.0. The molecule has 112 valence electrons. The standard InChI is InChI=1S/C16H15N3O3/c1-21-12-6-8-13(9-7-12)22-10-16(20)18-19-11-17-14-4-2-3-5-15(14)19/h2-9,11H,10H2,1H3,(H,18,20). The third-order valence-electron chi connectivity index (χ3n) is 3.13. The van der Waals surface area contributed by atoms with Gasteiger partial charge in [-0.3, -0.25) is 10.2 Å². The van der Waals surface area contributed by atoms with Gasteiger partial charge in [0.2, 0.25) is 0 Å². The number of hydrogen-bond acceptors (Lipinski definition) is 4. The van der Waals surface area contributed by atoms with Crippen LogP contribution in [0.4, 0.5) is 0 Å². The molecule has 0 bridgehead atoms. The van der Waals surface area contributed by atoms with Gasteiger partial charge >= 0.3 is 0 Å². The van der Waals surface area contributed by atoms with Crippen molar-refractivity contribution in [3.05, 3.63) is 54.9 Å². The van der Waals surface area contributed by atoms with Gasteiger partial charge in [0, 0.05) is 0 Å². The molecule has 0 fully saturated rings. The van der Waals surface area contributed by atoms with Crippen LogP contribution in [0.1, 0.15) is 0 Å². The molecule has 3 rings (SSSR count). The van der Waals surface area contributed by atoms with E-state index in [-0.39, 0.29) is 12.5 Å². The highest BCUT2D eigenvalue weighted by Crippen LogP contribution is 2.16. The lowest BCUT2D eigenvalue weighted by atomic mass is 10.3. The maximum Gasteiger partial charge on any atom is 0.276 e. The summed E-state index contributed by atoms with van der Waals surface area (Å²) in [6.45, 7) is -0.0845. The Morgan fingerprint density at radius 1 is 1.14 bits per heavy atom. The first-order valence-corrected chi connectivity index (χ1v) is 6.75. The van der Waals surface area contributed by atoms with E-state index >= 15 is 0 Å². The van der Waals surface area contributed by atoms with E-state index in [1.165, 1.54) is 0 Å². The first-order valence-electron chi connectivity index (χ1n) is 6.75. The minimum absolute atomic E-state index is 0.0845. The summed E-state index contributed by atoms with van der Waals surface area (Å²) >= 11 is 0. The zero-order chi connectivity index (χ0) is 15.4. The second-order valence-corrected chi connectivity index (χ2v) is 4.60. The lowest BCUT2D eigenvalue weighted by Crippen LogP contribution is -2.27. The van der Waals surface area contributed by atoms with Gasteiger partial charge in [0.1, 0.15) is 17.8 Å². The number of para-hydroxylation sites is 2. The number of imidazole rings is 1. The van der Waals surface area contributed by atoms with Crippen LogP contribution >= 0.6 is 0 Å². The molecule has 0 saturated heterocycles. The van der Waals surface area contributed by atoms with Crippen molar-refractivity contribution in [1.29, 1.82) is 0 Å². The summed E-state index contributed by atoms with van der Waals surface area (Å²) < 4.78 is 12.1. The van der Waals surface area contributed by atoms with Crippen molar-refractivity contribution in [1.82, 2.24) is 9.66 Å². The van der Waals surface area contributed by atoms with Crippen molar-refractivity contribution < 1.29 is 14.3 Å². The van der Waals surface area contributed by atoms with Crippen molar-refractivity contribution in [2.45, 2.75) is 0 Å². The maximum atomic E-state index is 11.9. The number of amides is 1. The Hall–Kier alpha value is -3.02. The van der Waals surface area contributed by atoms with Gasteiger partial charge in [-0.2, -0.15) is 0 Å². The molecule has 6 heteroatoms. The van der Waals surface area contributed by atoms with E-state index in [9.17, 15) is 4.79 Å². The molecule has 1 aromatic heterocycles.